The maximum Gasteiger partial charge on any atom is 0.0350 e. The molecular weight excluding hydrogens is 268 g/mol. The minimum Gasteiger partial charge on any atom is -0.329 e. The van der Waals surface area contributed by atoms with Gasteiger partial charge in [0, 0.05) is 18.6 Å². The highest BCUT2D eigenvalue weighted by Crippen LogP contribution is 2.30. The number of aryl methyl sites for hydroxylation is 3. The van der Waals surface area contributed by atoms with Crippen molar-refractivity contribution in [3.63, 3.8) is 0 Å². The molecule has 116 valence electrons. The van der Waals surface area contributed by atoms with E-state index in [1.807, 2.05) is 0 Å². The van der Waals surface area contributed by atoms with Gasteiger partial charge in [-0.2, -0.15) is 0 Å². The van der Waals surface area contributed by atoms with E-state index >= 15 is 0 Å². The predicted molar refractivity (Wildman–Crippen MR) is 93.0 cm³/mol. The molecule has 1 aliphatic rings. The number of nitrogens with two attached hydrogens (primary N) is 1. The number of hydrogen-bond donors (Lipinski definition) is 2. The summed E-state index contributed by atoms with van der Waals surface area (Å²) in [6.45, 7) is 5.98. The molecule has 0 bridgehead atoms. The zero-order valence-corrected chi connectivity index (χ0v) is 13.7. The molecule has 22 heavy (non-hydrogen) atoms. The Hall–Kier alpha value is -1.64. The monoisotopic (exact) mass is 294 g/mol. The van der Waals surface area contributed by atoms with Crippen molar-refractivity contribution in [2.24, 2.45) is 5.73 Å². The molecule has 1 unspecified atom stereocenters. The molecule has 2 aromatic rings. The molecule has 3 N–H and O–H groups in total. The van der Waals surface area contributed by atoms with Gasteiger partial charge in [-0.1, -0.05) is 42.5 Å². The Morgan fingerprint density at radius 3 is 2.41 bits per heavy atom. The first-order chi connectivity index (χ1) is 10.6. The first-order valence-corrected chi connectivity index (χ1v) is 8.20. The van der Waals surface area contributed by atoms with Gasteiger partial charge in [-0.15, -0.1) is 0 Å². The Balaban J connectivity index is 1.78. The number of nitrogens with one attached hydrogen (secondary N) is 1. The van der Waals surface area contributed by atoms with Crippen molar-refractivity contribution in [2.45, 2.75) is 45.2 Å². The zero-order chi connectivity index (χ0) is 15.6. The van der Waals surface area contributed by atoms with Crippen molar-refractivity contribution < 1.29 is 0 Å². The molecule has 0 aliphatic heterocycles. The molecule has 2 nitrogen and oxygen atoms in total. The van der Waals surface area contributed by atoms with Crippen molar-refractivity contribution >= 4 is 0 Å². The molecule has 3 rings (SSSR count). The van der Waals surface area contributed by atoms with Crippen LogP contribution in [0, 0.1) is 13.8 Å². The summed E-state index contributed by atoms with van der Waals surface area (Å²) in [6.07, 6.45) is 3.27. The summed E-state index contributed by atoms with van der Waals surface area (Å²) < 4.78 is 0. The summed E-state index contributed by atoms with van der Waals surface area (Å²) in [5.74, 6) is 0. The average Bonchev–Trinajstić information content (AvgIpc) is 2.55. The van der Waals surface area contributed by atoms with Crippen LogP contribution in [0.25, 0.3) is 0 Å². The second-order valence-electron chi connectivity index (χ2n) is 6.71. The lowest BCUT2D eigenvalue weighted by Gasteiger charge is -2.39. The molecule has 1 atom stereocenters. The van der Waals surface area contributed by atoms with Crippen LogP contribution < -0.4 is 11.1 Å². The molecule has 0 saturated carbocycles. The number of fused-ring (bicyclic) bond motifs is 1. The largest absolute Gasteiger partial charge is 0.329 e. The third-order valence-electron chi connectivity index (χ3n) is 5.12. The highest BCUT2D eigenvalue weighted by atomic mass is 15.0. The van der Waals surface area contributed by atoms with Crippen LogP contribution in [-0.2, 0) is 19.4 Å². The van der Waals surface area contributed by atoms with Gasteiger partial charge in [0.15, 0.2) is 0 Å². The predicted octanol–water partition coefficient (Wildman–Crippen LogP) is 3.28. The molecule has 0 spiro atoms. The van der Waals surface area contributed by atoms with Crippen molar-refractivity contribution in [3.05, 3.63) is 70.3 Å². The van der Waals surface area contributed by atoms with Crippen LogP contribution in [0.4, 0.5) is 0 Å². The van der Waals surface area contributed by atoms with Gasteiger partial charge in [-0.25, -0.2) is 0 Å². The van der Waals surface area contributed by atoms with Crippen LogP contribution in [-0.4, -0.2) is 12.1 Å². The van der Waals surface area contributed by atoms with Crippen molar-refractivity contribution in [1.29, 1.82) is 0 Å². The lowest BCUT2D eigenvalue weighted by atomic mass is 9.76. The normalized spacial score (nSPS) is 20.7. The van der Waals surface area contributed by atoms with E-state index in [9.17, 15) is 0 Å². The maximum absolute atomic E-state index is 6.16. The van der Waals surface area contributed by atoms with Crippen molar-refractivity contribution in [1.82, 2.24) is 5.32 Å². The van der Waals surface area contributed by atoms with E-state index in [1.54, 1.807) is 0 Å². The number of benzene rings is 2. The van der Waals surface area contributed by atoms with E-state index in [2.05, 4.69) is 61.6 Å². The second-order valence-corrected chi connectivity index (χ2v) is 6.71. The Bertz CT molecular complexity index is 648. The molecule has 0 radical (unpaired) electrons. The molecule has 2 aromatic carbocycles. The first-order valence-electron chi connectivity index (χ1n) is 8.20. The van der Waals surface area contributed by atoms with Gasteiger partial charge in [0.25, 0.3) is 0 Å². The second kappa shape index (κ2) is 6.23. The fraction of sp³-hybridized carbons (Fsp3) is 0.400. The molecule has 0 aromatic heterocycles. The third-order valence-corrected chi connectivity index (χ3v) is 5.12. The third kappa shape index (κ3) is 3.08. The topological polar surface area (TPSA) is 38.0 Å². The van der Waals surface area contributed by atoms with Crippen LogP contribution in [0.1, 0.15) is 34.2 Å². The molecule has 0 fully saturated rings. The van der Waals surface area contributed by atoms with Gasteiger partial charge in [0.2, 0.25) is 0 Å². The zero-order valence-electron chi connectivity index (χ0n) is 13.7. The summed E-state index contributed by atoms with van der Waals surface area (Å²) in [4.78, 5) is 0. The molecule has 0 heterocycles. The van der Waals surface area contributed by atoms with Gasteiger partial charge in [-0.3, -0.25) is 0 Å². The summed E-state index contributed by atoms with van der Waals surface area (Å²) >= 11 is 0. The van der Waals surface area contributed by atoms with Crippen LogP contribution in [0.3, 0.4) is 0 Å². The molecule has 1 aliphatic carbocycles. The first kappa shape index (κ1) is 15.3. The van der Waals surface area contributed by atoms with Gasteiger partial charge < -0.3 is 11.1 Å². The molecule has 0 saturated heterocycles. The Morgan fingerprint density at radius 1 is 1.05 bits per heavy atom. The summed E-state index contributed by atoms with van der Waals surface area (Å²) in [6, 6.07) is 15.3. The Kier molecular flexibility index (Phi) is 4.32. The number of hydrogen-bond acceptors (Lipinski definition) is 2. The maximum atomic E-state index is 6.16. The SMILES string of the molecule is Cc1cc2c(cc1C)CC(CN)(NCc1ccccc1)CC2. The minimum absolute atomic E-state index is 0.0323. The van der Waals surface area contributed by atoms with E-state index in [0.717, 1.165) is 25.8 Å². The number of rotatable bonds is 4. The van der Waals surface area contributed by atoms with Crippen LogP contribution in [0.15, 0.2) is 42.5 Å². The summed E-state index contributed by atoms with van der Waals surface area (Å²) in [5.41, 5.74) is 13.3. The lowest BCUT2D eigenvalue weighted by Crippen LogP contribution is -2.54. The van der Waals surface area contributed by atoms with Gasteiger partial charge in [0.05, 0.1) is 0 Å². The highest BCUT2D eigenvalue weighted by molar-refractivity contribution is 5.40. The minimum atomic E-state index is 0.0323. The summed E-state index contributed by atoms with van der Waals surface area (Å²) in [7, 11) is 0. The lowest BCUT2D eigenvalue weighted by molar-refractivity contribution is 0.291. The average molecular weight is 294 g/mol. The van der Waals surface area contributed by atoms with E-state index in [1.165, 1.54) is 27.8 Å². The molecule has 0 amide bonds. The van der Waals surface area contributed by atoms with E-state index in [0.29, 0.717) is 6.54 Å². The van der Waals surface area contributed by atoms with E-state index in [4.69, 9.17) is 5.73 Å². The molecular formula is C20H26N2. The fourth-order valence-electron chi connectivity index (χ4n) is 3.44. The highest BCUT2D eigenvalue weighted by Gasteiger charge is 2.32. The van der Waals surface area contributed by atoms with Crippen molar-refractivity contribution in [3.8, 4) is 0 Å². The quantitative estimate of drug-likeness (QED) is 0.908. The fourth-order valence-corrected chi connectivity index (χ4v) is 3.44. The van der Waals surface area contributed by atoms with Crippen LogP contribution >= 0.6 is 0 Å². The Morgan fingerprint density at radius 2 is 1.73 bits per heavy atom. The van der Waals surface area contributed by atoms with E-state index < -0.39 is 0 Å². The van der Waals surface area contributed by atoms with Crippen molar-refractivity contribution in [2.75, 3.05) is 6.54 Å². The summed E-state index contributed by atoms with van der Waals surface area (Å²) in [5, 5.41) is 3.75. The van der Waals surface area contributed by atoms with E-state index in [-0.39, 0.29) is 5.54 Å². The Labute approximate surface area is 133 Å². The van der Waals surface area contributed by atoms with Gasteiger partial charge >= 0.3 is 0 Å². The standard InChI is InChI=1S/C20H26N2/c1-15-10-18-8-9-20(14-21,12-19(18)11-16(15)2)22-13-17-6-4-3-5-7-17/h3-7,10-11,22H,8-9,12-14,21H2,1-2H3. The van der Waals surface area contributed by atoms with Crippen LogP contribution in [0.2, 0.25) is 0 Å². The van der Waals surface area contributed by atoms with Gasteiger partial charge in [0.1, 0.15) is 0 Å². The van der Waals surface area contributed by atoms with Crippen LogP contribution in [0.5, 0.6) is 0 Å². The smallest absolute Gasteiger partial charge is 0.0350 e. The van der Waals surface area contributed by atoms with Gasteiger partial charge in [-0.05, 0) is 60.9 Å². The molecule has 2 heteroatoms.